The van der Waals surface area contributed by atoms with Crippen molar-refractivity contribution in [2.24, 2.45) is 0 Å². The van der Waals surface area contributed by atoms with Gasteiger partial charge in [-0.25, -0.2) is 17.2 Å². The van der Waals surface area contributed by atoms with Crippen molar-refractivity contribution in [3.8, 4) is 0 Å². The van der Waals surface area contributed by atoms with Crippen LogP contribution in [0.4, 0.5) is 8.78 Å². The first-order chi connectivity index (χ1) is 12.0. The molecule has 2 N–H and O–H groups in total. The number of rotatable bonds is 6. The fraction of sp³-hybridized carbons (Fsp3) is 0.588. The summed E-state index contributed by atoms with van der Waals surface area (Å²) in [4.78, 5) is 12.6. The van der Waals surface area contributed by atoms with Gasteiger partial charge in [0.1, 0.15) is 16.5 Å². The number of sulfonamides is 1. The number of hydrogen-bond acceptors (Lipinski definition) is 3. The summed E-state index contributed by atoms with van der Waals surface area (Å²) < 4.78 is 53.1. The fourth-order valence-corrected chi connectivity index (χ4v) is 4.27. The van der Waals surface area contributed by atoms with Gasteiger partial charge >= 0.3 is 0 Å². The van der Waals surface area contributed by atoms with E-state index in [1.807, 2.05) is 20.8 Å². The average molecular weight is 390 g/mol. The molecule has 0 spiro atoms. The van der Waals surface area contributed by atoms with E-state index in [1.54, 1.807) is 0 Å². The third kappa shape index (κ3) is 4.99. The Bertz CT molecular complexity index is 761. The van der Waals surface area contributed by atoms with Crippen LogP contribution in [0.25, 0.3) is 0 Å². The van der Waals surface area contributed by atoms with Gasteiger partial charge in [-0.05, 0) is 32.4 Å². The minimum atomic E-state index is -4.02. The summed E-state index contributed by atoms with van der Waals surface area (Å²) in [6, 6.07) is 2.44. The lowest BCUT2D eigenvalue weighted by atomic mass is 10.0. The van der Waals surface area contributed by atoms with Crippen molar-refractivity contribution < 1.29 is 26.9 Å². The lowest BCUT2D eigenvalue weighted by Gasteiger charge is -2.32. The van der Waals surface area contributed by atoms with Gasteiger partial charge in [0.15, 0.2) is 6.54 Å². The number of nitrogens with one attached hydrogen (secondary N) is 2. The minimum absolute atomic E-state index is 0.0762. The molecule has 1 saturated heterocycles. The molecule has 0 bridgehead atoms. The molecule has 1 aromatic rings. The van der Waals surface area contributed by atoms with E-state index < -0.39 is 26.6 Å². The maximum Gasteiger partial charge on any atom is 0.275 e. The average Bonchev–Trinajstić information content (AvgIpc) is 2.54. The fourth-order valence-electron chi connectivity index (χ4n) is 2.78. The first kappa shape index (κ1) is 20.7. The standard InChI is InChI=1S/C17H25F2N3O3S/c1-4-17(2,3)20-16(23)12-21-7-9-22(10-8-21)26(24,25)15-6-5-13(18)11-14(15)19/h5-6,11H,4,7-10,12H2,1-3H3,(H,20,23)/p+1. The van der Waals surface area contributed by atoms with Crippen LogP contribution in [0.3, 0.4) is 0 Å². The van der Waals surface area contributed by atoms with E-state index in [0.717, 1.165) is 23.5 Å². The molecule has 1 aromatic carbocycles. The topological polar surface area (TPSA) is 70.9 Å². The second-order valence-electron chi connectivity index (χ2n) is 7.19. The molecule has 0 aromatic heterocycles. The summed E-state index contributed by atoms with van der Waals surface area (Å²) in [5.41, 5.74) is -0.276. The number of amides is 1. The van der Waals surface area contributed by atoms with Crippen LogP contribution in [0.2, 0.25) is 0 Å². The van der Waals surface area contributed by atoms with Gasteiger partial charge in [0.2, 0.25) is 10.0 Å². The van der Waals surface area contributed by atoms with Crippen LogP contribution in [0.5, 0.6) is 0 Å². The second-order valence-corrected chi connectivity index (χ2v) is 9.10. The minimum Gasteiger partial charge on any atom is -0.346 e. The van der Waals surface area contributed by atoms with E-state index in [2.05, 4.69) is 5.32 Å². The third-order valence-corrected chi connectivity index (χ3v) is 6.65. The molecule has 0 unspecified atom stereocenters. The molecule has 0 aliphatic carbocycles. The van der Waals surface area contributed by atoms with Crippen LogP contribution in [-0.2, 0) is 14.8 Å². The molecule has 2 rings (SSSR count). The highest BCUT2D eigenvalue weighted by Crippen LogP contribution is 2.20. The molecular formula is C17H26F2N3O3S+. The molecule has 0 saturated carbocycles. The molecule has 0 radical (unpaired) electrons. The Morgan fingerprint density at radius 1 is 1.27 bits per heavy atom. The van der Waals surface area contributed by atoms with E-state index in [0.29, 0.717) is 19.2 Å². The monoisotopic (exact) mass is 390 g/mol. The highest BCUT2D eigenvalue weighted by molar-refractivity contribution is 7.89. The largest absolute Gasteiger partial charge is 0.346 e. The molecule has 1 amide bonds. The normalized spacial score (nSPS) is 17.3. The van der Waals surface area contributed by atoms with Crippen LogP contribution >= 0.6 is 0 Å². The van der Waals surface area contributed by atoms with Crippen LogP contribution < -0.4 is 10.2 Å². The Balaban J connectivity index is 1.96. The number of quaternary nitrogens is 1. The number of hydrogen-bond donors (Lipinski definition) is 2. The molecule has 6 nitrogen and oxygen atoms in total. The predicted octanol–water partition coefficient (Wildman–Crippen LogP) is 0.159. The molecule has 1 heterocycles. The Hall–Kier alpha value is -1.58. The Labute approximate surface area is 153 Å². The second kappa shape index (κ2) is 7.98. The van der Waals surface area contributed by atoms with Gasteiger partial charge in [-0.3, -0.25) is 4.79 Å². The van der Waals surface area contributed by atoms with E-state index >= 15 is 0 Å². The van der Waals surface area contributed by atoms with Gasteiger partial charge in [-0.2, -0.15) is 4.31 Å². The predicted molar refractivity (Wildman–Crippen MR) is 93.2 cm³/mol. The molecule has 1 fully saturated rings. The lowest BCUT2D eigenvalue weighted by Crippen LogP contribution is -3.16. The number of carbonyl (C=O) groups is 1. The van der Waals surface area contributed by atoms with Gasteiger partial charge in [0.25, 0.3) is 5.91 Å². The zero-order valence-corrected chi connectivity index (χ0v) is 16.1. The van der Waals surface area contributed by atoms with Crippen LogP contribution in [0, 0.1) is 11.6 Å². The molecule has 26 heavy (non-hydrogen) atoms. The molecular weight excluding hydrogens is 364 g/mol. The number of piperazine rings is 1. The van der Waals surface area contributed by atoms with Crippen molar-refractivity contribution in [1.82, 2.24) is 9.62 Å². The zero-order valence-electron chi connectivity index (χ0n) is 15.3. The van der Waals surface area contributed by atoms with E-state index in [1.165, 1.54) is 4.31 Å². The van der Waals surface area contributed by atoms with Crippen molar-refractivity contribution >= 4 is 15.9 Å². The van der Waals surface area contributed by atoms with E-state index in [-0.39, 0.29) is 31.1 Å². The summed E-state index contributed by atoms with van der Waals surface area (Å²) >= 11 is 0. The SMILES string of the molecule is CCC(C)(C)NC(=O)C[NH+]1CCN(S(=O)(=O)c2ccc(F)cc2F)CC1. The summed E-state index contributed by atoms with van der Waals surface area (Å²) in [7, 11) is -4.02. The Morgan fingerprint density at radius 2 is 1.88 bits per heavy atom. The smallest absolute Gasteiger partial charge is 0.275 e. The molecule has 0 atom stereocenters. The van der Waals surface area contributed by atoms with Crippen LogP contribution in [-0.4, -0.2) is 56.9 Å². The van der Waals surface area contributed by atoms with Crippen molar-refractivity contribution in [1.29, 1.82) is 0 Å². The van der Waals surface area contributed by atoms with Gasteiger partial charge in [-0.1, -0.05) is 6.92 Å². The maximum atomic E-state index is 13.8. The first-order valence-corrected chi connectivity index (χ1v) is 10.1. The number of benzene rings is 1. The van der Waals surface area contributed by atoms with Crippen molar-refractivity contribution in [2.75, 3.05) is 32.7 Å². The first-order valence-electron chi connectivity index (χ1n) is 8.65. The van der Waals surface area contributed by atoms with Crippen molar-refractivity contribution in [3.05, 3.63) is 29.8 Å². The zero-order chi connectivity index (χ0) is 19.5. The molecule has 146 valence electrons. The van der Waals surface area contributed by atoms with Crippen molar-refractivity contribution in [2.45, 2.75) is 37.6 Å². The van der Waals surface area contributed by atoms with Gasteiger partial charge in [0.05, 0.1) is 26.2 Å². The highest BCUT2D eigenvalue weighted by Gasteiger charge is 2.33. The number of nitrogens with zero attached hydrogens (tertiary/aromatic N) is 1. The summed E-state index contributed by atoms with van der Waals surface area (Å²) in [5.74, 6) is -1.99. The number of halogens is 2. The molecule has 1 aliphatic heterocycles. The Morgan fingerprint density at radius 3 is 2.42 bits per heavy atom. The van der Waals surface area contributed by atoms with E-state index in [9.17, 15) is 22.0 Å². The van der Waals surface area contributed by atoms with Gasteiger partial charge in [0, 0.05) is 11.6 Å². The number of carbonyl (C=O) groups excluding carboxylic acids is 1. The summed E-state index contributed by atoms with van der Waals surface area (Å²) in [6.45, 7) is 7.40. The Kier molecular flexibility index (Phi) is 6.36. The maximum absolute atomic E-state index is 13.8. The van der Waals surface area contributed by atoms with Crippen LogP contribution in [0.1, 0.15) is 27.2 Å². The third-order valence-electron chi connectivity index (χ3n) is 4.71. The molecule has 9 heteroatoms. The van der Waals surface area contributed by atoms with Crippen molar-refractivity contribution in [3.63, 3.8) is 0 Å². The highest BCUT2D eigenvalue weighted by atomic mass is 32.2. The summed E-state index contributed by atoms with van der Waals surface area (Å²) in [5, 5.41) is 2.96. The van der Waals surface area contributed by atoms with Gasteiger partial charge in [-0.15, -0.1) is 0 Å². The quantitative estimate of drug-likeness (QED) is 0.727. The summed E-state index contributed by atoms with van der Waals surface area (Å²) in [6.07, 6.45) is 0.809. The van der Waals surface area contributed by atoms with Gasteiger partial charge < -0.3 is 10.2 Å². The van der Waals surface area contributed by atoms with E-state index in [4.69, 9.17) is 0 Å². The molecule has 1 aliphatic rings. The lowest BCUT2D eigenvalue weighted by molar-refractivity contribution is -0.895. The van der Waals surface area contributed by atoms with Crippen LogP contribution in [0.15, 0.2) is 23.1 Å².